The molecule has 0 unspecified atom stereocenters. The molecule has 1 aliphatic rings. The Labute approximate surface area is 195 Å². The van der Waals surface area contributed by atoms with Crippen LogP contribution in [0.1, 0.15) is 23.4 Å². The van der Waals surface area contributed by atoms with Gasteiger partial charge in [0.05, 0.1) is 11.4 Å². The average molecular weight is 489 g/mol. The maximum absolute atomic E-state index is 13.2. The van der Waals surface area contributed by atoms with E-state index in [1.54, 1.807) is 12.1 Å². The first-order valence-electron chi connectivity index (χ1n) is 10.6. The highest BCUT2D eigenvalue weighted by atomic mass is 32.2. The van der Waals surface area contributed by atoms with Crippen LogP contribution in [0.4, 0.5) is 0 Å². The van der Waals surface area contributed by atoms with E-state index in [0.717, 1.165) is 5.39 Å². The first-order valence-corrected chi connectivity index (χ1v) is 12.1. The van der Waals surface area contributed by atoms with Crippen molar-refractivity contribution in [1.82, 2.24) is 10.8 Å². The van der Waals surface area contributed by atoms with Gasteiger partial charge in [0.2, 0.25) is 0 Å². The maximum Gasteiger partial charge on any atom is 0.287 e. The summed E-state index contributed by atoms with van der Waals surface area (Å²) < 4.78 is 41.0. The van der Waals surface area contributed by atoms with Crippen molar-refractivity contribution in [3.63, 3.8) is 0 Å². The minimum atomic E-state index is -4.11. The van der Waals surface area contributed by atoms with E-state index in [-0.39, 0.29) is 55.8 Å². The van der Waals surface area contributed by atoms with Gasteiger partial charge in [0.15, 0.2) is 20.3 Å². The van der Waals surface area contributed by atoms with Gasteiger partial charge in [0, 0.05) is 18.6 Å². The van der Waals surface area contributed by atoms with Crippen LogP contribution in [0.3, 0.4) is 0 Å². The minimum absolute atomic E-state index is 0.0646. The normalized spacial score (nSPS) is 15.6. The van der Waals surface area contributed by atoms with Gasteiger partial charge in [-0.15, -0.1) is 0 Å². The Hall–Kier alpha value is -3.41. The van der Waals surface area contributed by atoms with E-state index in [0.29, 0.717) is 11.3 Å². The fraction of sp³-hybridized carbons (Fsp3) is 0.304. The van der Waals surface area contributed by atoms with E-state index >= 15 is 0 Å². The van der Waals surface area contributed by atoms with E-state index in [1.807, 2.05) is 18.2 Å². The monoisotopic (exact) mass is 488 g/mol. The van der Waals surface area contributed by atoms with Crippen LogP contribution in [-0.2, 0) is 19.4 Å². The molecule has 4 rings (SSSR count). The van der Waals surface area contributed by atoms with Crippen LogP contribution in [-0.4, -0.2) is 56.6 Å². The molecule has 2 aromatic carbocycles. The van der Waals surface area contributed by atoms with Crippen molar-refractivity contribution in [3.05, 3.63) is 60.4 Å². The summed E-state index contributed by atoms with van der Waals surface area (Å²) in [5, 5.41) is 12.6. The molecule has 11 heteroatoms. The number of rotatable bonds is 8. The molecule has 2 heterocycles. The molecule has 0 bridgehead atoms. The molecule has 180 valence electrons. The van der Waals surface area contributed by atoms with Crippen molar-refractivity contribution in [3.8, 4) is 5.75 Å². The highest BCUT2D eigenvalue weighted by molar-refractivity contribution is 7.93. The van der Waals surface area contributed by atoms with Crippen LogP contribution in [0.15, 0.2) is 63.9 Å². The summed E-state index contributed by atoms with van der Waals surface area (Å²) in [7, 11) is -4.11. The molecule has 0 atom stereocenters. The molecular formula is C23H24N2O8S. The topological polar surface area (TPSA) is 144 Å². The maximum atomic E-state index is 13.2. The van der Waals surface area contributed by atoms with Crippen LogP contribution in [0.5, 0.6) is 5.75 Å². The Morgan fingerprint density at radius 3 is 2.44 bits per heavy atom. The number of ether oxygens (including phenoxy) is 2. The Kier molecular flexibility index (Phi) is 6.87. The van der Waals surface area contributed by atoms with Gasteiger partial charge in [-0.1, -0.05) is 18.2 Å². The van der Waals surface area contributed by atoms with Crippen LogP contribution < -0.4 is 15.5 Å². The minimum Gasteiger partial charge on any atom is -0.492 e. The Bertz CT molecular complexity index is 1240. The van der Waals surface area contributed by atoms with Gasteiger partial charge in [-0.05, 0) is 49.2 Å². The van der Waals surface area contributed by atoms with Gasteiger partial charge >= 0.3 is 0 Å². The van der Waals surface area contributed by atoms with E-state index < -0.39 is 20.5 Å². The molecule has 0 spiro atoms. The number of carbonyl (C=O) groups is 2. The number of benzene rings is 2. The lowest BCUT2D eigenvalue weighted by Gasteiger charge is -2.34. The van der Waals surface area contributed by atoms with Gasteiger partial charge < -0.3 is 19.2 Å². The number of fused-ring (bicyclic) bond motifs is 1. The SMILES string of the molecule is O=C(NCCOc1ccc(S(=O)(=O)C2(C(=O)NO)CCOCC2)cc1)c1cc2ccccc2o1. The summed E-state index contributed by atoms with van der Waals surface area (Å²) >= 11 is 0. The molecule has 10 nitrogen and oxygen atoms in total. The van der Waals surface area contributed by atoms with Gasteiger partial charge in [-0.2, -0.15) is 0 Å². The van der Waals surface area contributed by atoms with Crippen LogP contribution >= 0.6 is 0 Å². The average Bonchev–Trinajstić information content (AvgIpc) is 3.31. The quantitative estimate of drug-likeness (QED) is 0.248. The number of hydrogen-bond donors (Lipinski definition) is 3. The van der Waals surface area contributed by atoms with E-state index in [9.17, 15) is 18.0 Å². The molecule has 0 aliphatic carbocycles. The van der Waals surface area contributed by atoms with Gasteiger partial charge in [-0.25, -0.2) is 13.9 Å². The number of nitrogens with one attached hydrogen (secondary N) is 2. The standard InChI is InChI=1S/C23H24N2O8S/c26-21(20-15-16-3-1-2-4-19(16)33-20)24-11-14-32-17-5-7-18(8-6-17)34(29,30)23(22(27)25-28)9-12-31-13-10-23/h1-8,15,28H,9-14H2,(H,24,26)(H,25,27). The van der Waals surface area contributed by atoms with Crippen molar-refractivity contribution >= 4 is 32.6 Å². The van der Waals surface area contributed by atoms with Gasteiger partial charge in [0.1, 0.15) is 17.9 Å². The second-order valence-corrected chi connectivity index (χ2v) is 10.0. The summed E-state index contributed by atoms with van der Waals surface area (Å²) in [5.41, 5.74) is 2.11. The second-order valence-electron chi connectivity index (χ2n) is 7.78. The summed E-state index contributed by atoms with van der Waals surface area (Å²) in [6.45, 7) is 0.531. The number of hydrogen-bond acceptors (Lipinski definition) is 8. The van der Waals surface area contributed by atoms with Crippen molar-refractivity contribution in [1.29, 1.82) is 0 Å². The van der Waals surface area contributed by atoms with Crippen LogP contribution in [0, 0.1) is 0 Å². The third-order valence-electron chi connectivity index (χ3n) is 5.77. The lowest BCUT2D eigenvalue weighted by atomic mass is 9.98. The smallest absolute Gasteiger partial charge is 0.287 e. The molecule has 34 heavy (non-hydrogen) atoms. The molecule has 0 radical (unpaired) electrons. The van der Waals surface area contributed by atoms with Crippen molar-refractivity contribution < 1.29 is 37.1 Å². The summed E-state index contributed by atoms with van der Waals surface area (Å²) in [6.07, 6.45) is -0.129. The zero-order valence-electron chi connectivity index (χ0n) is 18.2. The lowest BCUT2D eigenvalue weighted by molar-refractivity contribution is -0.134. The molecule has 3 aromatic rings. The van der Waals surface area contributed by atoms with Crippen LogP contribution in [0.25, 0.3) is 11.0 Å². The third-order valence-corrected chi connectivity index (χ3v) is 8.29. The van der Waals surface area contributed by atoms with Crippen molar-refractivity contribution in [2.24, 2.45) is 0 Å². The van der Waals surface area contributed by atoms with Crippen LogP contribution in [0.2, 0.25) is 0 Å². The number of carbonyl (C=O) groups excluding carboxylic acids is 2. The summed E-state index contributed by atoms with van der Waals surface area (Å²) in [4.78, 5) is 24.5. The Balaban J connectivity index is 1.35. The third kappa shape index (κ3) is 4.49. The summed E-state index contributed by atoms with van der Waals surface area (Å²) in [6, 6.07) is 14.6. The fourth-order valence-corrected chi connectivity index (χ4v) is 5.82. The first kappa shape index (κ1) is 23.7. The molecule has 2 amide bonds. The number of furan rings is 1. The molecule has 0 saturated carbocycles. The number of sulfone groups is 1. The number of hydroxylamine groups is 1. The Morgan fingerprint density at radius 2 is 1.76 bits per heavy atom. The molecule has 1 saturated heterocycles. The largest absolute Gasteiger partial charge is 0.492 e. The first-order chi connectivity index (χ1) is 16.4. The van der Waals surface area contributed by atoms with E-state index in [2.05, 4.69) is 5.32 Å². The highest BCUT2D eigenvalue weighted by Crippen LogP contribution is 2.35. The molecule has 1 aromatic heterocycles. The van der Waals surface area contributed by atoms with E-state index in [1.165, 1.54) is 29.7 Å². The predicted molar refractivity (Wildman–Crippen MR) is 120 cm³/mol. The number of para-hydroxylation sites is 1. The van der Waals surface area contributed by atoms with Gasteiger partial charge in [0.25, 0.3) is 11.8 Å². The molecule has 1 aliphatic heterocycles. The van der Waals surface area contributed by atoms with Gasteiger partial charge in [-0.3, -0.25) is 14.8 Å². The zero-order chi connectivity index (χ0) is 24.2. The predicted octanol–water partition coefficient (Wildman–Crippen LogP) is 2.07. The highest BCUT2D eigenvalue weighted by Gasteiger charge is 2.52. The molecule has 1 fully saturated rings. The van der Waals surface area contributed by atoms with Crippen molar-refractivity contribution in [2.45, 2.75) is 22.5 Å². The van der Waals surface area contributed by atoms with E-state index in [4.69, 9.17) is 19.1 Å². The molecule has 3 N–H and O–H groups in total. The Morgan fingerprint density at radius 1 is 1.06 bits per heavy atom. The zero-order valence-corrected chi connectivity index (χ0v) is 19.0. The summed E-state index contributed by atoms with van der Waals surface area (Å²) in [5.74, 6) is -0.754. The van der Waals surface area contributed by atoms with Crippen molar-refractivity contribution in [2.75, 3.05) is 26.4 Å². The fourth-order valence-electron chi connectivity index (χ4n) is 3.88. The lowest BCUT2D eigenvalue weighted by Crippen LogP contribution is -2.54. The number of amides is 2. The molecular weight excluding hydrogens is 464 g/mol. The second kappa shape index (κ2) is 9.84.